The summed E-state index contributed by atoms with van der Waals surface area (Å²) >= 11 is 0. The van der Waals surface area contributed by atoms with Crippen molar-refractivity contribution in [3.05, 3.63) is 11.7 Å². The van der Waals surface area contributed by atoms with Crippen LogP contribution in [0.4, 0.5) is 0 Å². The van der Waals surface area contributed by atoms with Crippen molar-refractivity contribution in [2.45, 2.75) is 50.0 Å². The number of nitrogens with zero attached hydrogens (tertiary/aromatic N) is 2. The number of ether oxygens (including phenoxy) is 2. The van der Waals surface area contributed by atoms with Crippen LogP contribution < -0.4 is 0 Å². The lowest BCUT2D eigenvalue weighted by Gasteiger charge is -2.20. The topological polar surface area (TPSA) is 74.5 Å². The number of methoxy groups -OCH3 is 1. The van der Waals surface area contributed by atoms with E-state index < -0.39 is 5.41 Å². The van der Waals surface area contributed by atoms with Crippen molar-refractivity contribution in [3.63, 3.8) is 0 Å². The van der Waals surface area contributed by atoms with Crippen LogP contribution in [0, 0.1) is 0 Å². The molecule has 0 bridgehead atoms. The van der Waals surface area contributed by atoms with Gasteiger partial charge >= 0.3 is 5.97 Å². The second-order valence-electron chi connectivity index (χ2n) is 5.28. The number of aromatic nitrogens is 2. The Balaban J connectivity index is 1.68. The number of hydrogen-bond acceptors (Lipinski definition) is 6. The van der Waals surface area contributed by atoms with Crippen LogP contribution in [-0.2, 0) is 26.1 Å². The fourth-order valence-electron chi connectivity index (χ4n) is 2.53. The Hall–Kier alpha value is -1.43. The zero-order chi connectivity index (χ0) is 13.3. The van der Waals surface area contributed by atoms with Crippen LogP contribution in [0.15, 0.2) is 4.52 Å². The van der Waals surface area contributed by atoms with E-state index in [1.807, 2.05) is 0 Å². The lowest BCUT2D eigenvalue weighted by atomic mass is 10.1. The van der Waals surface area contributed by atoms with Crippen LogP contribution in [0.3, 0.4) is 0 Å². The third-order valence-corrected chi connectivity index (χ3v) is 3.89. The van der Waals surface area contributed by atoms with E-state index in [9.17, 15) is 4.79 Å². The first kappa shape index (κ1) is 12.6. The summed E-state index contributed by atoms with van der Waals surface area (Å²) in [6.45, 7) is 0.807. The predicted octanol–water partition coefficient (Wildman–Crippen LogP) is 1.39. The molecule has 1 saturated carbocycles. The molecule has 0 amide bonds. The predicted molar refractivity (Wildman–Crippen MR) is 64.5 cm³/mol. The second kappa shape index (κ2) is 4.92. The van der Waals surface area contributed by atoms with E-state index in [2.05, 4.69) is 10.1 Å². The largest absolute Gasteiger partial charge is 0.468 e. The number of carbonyl (C=O) groups excluding carboxylic acids is 1. The average Bonchev–Trinajstić information content (AvgIpc) is 3.14. The van der Waals surface area contributed by atoms with E-state index in [4.69, 9.17) is 14.0 Å². The summed E-state index contributed by atoms with van der Waals surface area (Å²) in [5.41, 5.74) is -0.673. The Labute approximate surface area is 111 Å². The van der Waals surface area contributed by atoms with E-state index in [1.54, 1.807) is 0 Å². The highest BCUT2D eigenvalue weighted by Crippen LogP contribution is 2.48. The molecule has 0 N–H and O–H groups in total. The first-order valence-corrected chi connectivity index (χ1v) is 6.78. The van der Waals surface area contributed by atoms with Gasteiger partial charge in [0.15, 0.2) is 5.82 Å². The van der Waals surface area contributed by atoms with Gasteiger partial charge < -0.3 is 14.0 Å². The van der Waals surface area contributed by atoms with E-state index >= 15 is 0 Å². The smallest absolute Gasteiger partial charge is 0.321 e. The minimum absolute atomic E-state index is 0.174. The molecule has 1 aliphatic heterocycles. The van der Waals surface area contributed by atoms with Crippen molar-refractivity contribution >= 4 is 5.97 Å². The molecular formula is C13H18N2O4. The highest BCUT2D eigenvalue weighted by Gasteiger charge is 2.57. The summed E-state index contributed by atoms with van der Waals surface area (Å²) in [5.74, 6) is 0.735. The van der Waals surface area contributed by atoms with E-state index in [1.165, 1.54) is 13.5 Å². The molecule has 0 aromatic carbocycles. The van der Waals surface area contributed by atoms with Gasteiger partial charge in [0.2, 0.25) is 5.89 Å². The summed E-state index contributed by atoms with van der Waals surface area (Å²) in [7, 11) is 1.38. The Morgan fingerprint density at radius 2 is 2.32 bits per heavy atom. The fraction of sp³-hybridized carbons (Fsp3) is 0.769. The SMILES string of the molecule is COC(=O)C1(c2nc(CC3CCCCO3)no2)CC1. The molecule has 3 rings (SSSR count). The summed E-state index contributed by atoms with van der Waals surface area (Å²) in [6, 6.07) is 0. The van der Waals surface area contributed by atoms with Gasteiger partial charge in [-0.3, -0.25) is 4.79 Å². The summed E-state index contributed by atoms with van der Waals surface area (Å²) < 4.78 is 15.7. The zero-order valence-corrected chi connectivity index (χ0v) is 11.1. The van der Waals surface area contributed by atoms with Crippen molar-refractivity contribution in [3.8, 4) is 0 Å². The van der Waals surface area contributed by atoms with Gasteiger partial charge in [0, 0.05) is 13.0 Å². The molecule has 1 aromatic rings. The summed E-state index contributed by atoms with van der Waals surface area (Å²) in [5, 5.41) is 3.96. The molecule has 2 heterocycles. The maximum Gasteiger partial charge on any atom is 0.321 e. The molecule has 2 aliphatic rings. The Kier molecular flexibility index (Phi) is 3.26. The molecule has 0 spiro atoms. The van der Waals surface area contributed by atoms with E-state index in [0.717, 1.165) is 32.3 Å². The van der Waals surface area contributed by atoms with Crippen molar-refractivity contribution in [2.24, 2.45) is 0 Å². The van der Waals surface area contributed by atoms with Crippen LogP contribution in [0.1, 0.15) is 43.8 Å². The van der Waals surface area contributed by atoms with Gasteiger partial charge in [-0.25, -0.2) is 0 Å². The van der Waals surface area contributed by atoms with Crippen molar-refractivity contribution in [1.82, 2.24) is 10.1 Å². The fourth-order valence-corrected chi connectivity index (χ4v) is 2.53. The second-order valence-corrected chi connectivity index (χ2v) is 5.28. The van der Waals surface area contributed by atoms with E-state index in [-0.39, 0.29) is 12.1 Å². The molecular weight excluding hydrogens is 248 g/mol. The molecule has 1 aliphatic carbocycles. The van der Waals surface area contributed by atoms with Crippen LogP contribution >= 0.6 is 0 Å². The Morgan fingerprint density at radius 1 is 1.47 bits per heavy atom. The molecule has 1 unspecified atom stereocenters. The standard InChI is InChI=1S/C13H18N2O4/c1-17-12(16)13(5-6-13)11-14-10(15-19-11)8-9-4-2-3-7-18-9/h9H,2-8H2,1H3. The Morgan fingerprint density at radius 3 is 2.95 bits per heavy atom. The molecule has 2 fully saturated rings. The van der Waals surface area contributed by atoms with Gasteiger partial charge in [-0.2, -0.15) is 4.98 Å². The summed E-state index contributed by atoms with van der Waals surface area (Å²) in [6.07, 6.45) is 5.61. The lowest BCUT2D eigenvalue weighted by molar-refractivity contribution is -0.144. The van der Waals surface area contributed by atoms with Crippen molar-refractivity contribution in [1.29, 1.82) is 0 Å². The van der Waals surface area contributed by atoms with Gasteiger partial charge in [0.05, 0.1) is 13.2 Å². The van der Waals surface area contributed by atoms with Gasteiger partial charge in [0.25, 0.3) is 0 Å². The van der Waals surface area contributed by atoms with Crippen LogP contribution in [0.2, 0.25) is 0 Å². The van der Waals surface area contributed by atoms with E-state index in [0.29, 0.717) is 18.1 Å². The van der Waals surface area contributed by atoms with Gasteiger partial charge in [-0.05, 0) is 32.1 Å². The van der Waals surface area contributed by atoms with Crippen molar-refractivity contribution < 1.29 is 18.8 Å². The Bertz CT molecular complexity index is 461. The van der Waals surface area contributed by atoms with Gasteiger partial charge in [0.1, 0.15) is 5.41 Å². The van der Waals surface area contributed by atoms with Crippen LogP contribution in [0.5, 0.6) is 0 Å². The molecule has 6 nitrogen and oxygen atoms in total. The third kappa shape index (κ3) is 2.36. The summed E-state index contributed by atoms with van der Waals surface area (Å²) in [4.78, 5) is 16.1. The molecule has 1 saturated heterocycles. The molecule has 0 radical (unpaired) electrons. The average molecular weight is 266 g/mol. The lowest BCUT2D eigenvalue weighted by Crippen LogP contribution is -2.23. The number of rotatable bonds is 4. The first-order chi connectivity index (χ1) is 9.24. The van der Waals surface area contributed by atoms with Gasteiger partial charge in [-0.1, -0.05) is 5.16 Å². The number of carbonyl (C=O) groups is 1. The number of esters is 1. The normalized spacial score (nSPS) is 25.0. The highest BCUT2D eigenvalue weighted by atomic mass is 16.5. The molecule has 6 heteroatoms. The van der Waals surface area contributed by atoms with Crippen LogP contribution in [0.25, 0.3) is 0 Å². The maximum absolute atomic E-state index is 11.7. The molecule has 19 heavy (non-hydrogen) atoms. The quantitative estimate of drug-likeness (QED) is 0.766. The minimum atomic E-state index is -0.673. The first-order valence-electron chi connectivity index (χ1n) is 6.78. The number of hydrogen-bond donors (Lipinski definition) is 0. The highest BCUT2D eigenvalue weighted by molar-refractivity contribution is 5.85. The molecule has 1 aromatic heterocycles. The monoisotopic (exact) mass is 266 g/mol. The minimum Gasteiger partial charge on any atom is -0.468 e. The van der Waals surface area contributed by atoms with Crippen LogP contribution in [-0.4, -0.2) is 35.9 Å². The third-order valence-electron chi connectivity index (χ3n) is 3.89. The zero-order valence-electron chi connectivity index (χ0n) is 11.1. The van der Waals surface area contributed by atoms with Gasteiger partial charge in [-0.15, -0.1) is 0 Å². The van der Waals surface area contributed by atoms with Crippen molar-refractivity contribution in [2.75, 3.05) is 13.7 Å². The molecule has 1 atom stereocenters. The maximum atomic E-state index is 11.7. The molecule has 104 valence electrons.